The van der Waals surface area contributed by atoms with Crippen LogP contribution in [0.2, 0.25) is 0 Å². The van der Waals surface area contributed by atoms with Gasteiger partial charge in [-0.1, -0.05) is 30.0 Å². The minimum Gasteiger partial charge on any atom is -0.394 e. The Bertz CT molecular complexity index is 1290. The third kappa shape index (κ3) is 5.36. The van der Waals surface area contributed by atoms with Gasteiger partial charge < -0.3 is 20.1 Å². The van der Waals surface area contributed by atoms with Crippen LogP contribution in [0.5, 0.6) is 0 Å². The van der Waals surface area contributed by atoms with Crippen molar-refractivity contribution in [3.05, 3.63) is 35.4 Å². The van der Waals surface area contributed by atoms with E-state index in [1.807, 2.05) is 6.92 Å². The highest BCUT2D eigenvalue weighted by atomic mass is 32.2. The van der Waals surface area contributed by atoms with Gasteiger partial charge in [0.15, 0.2) is 33.8 Å². The van der Waals surface area contributed by atoms with Crippen LogP contribution in [0.25, 0.3) is 11.2 Å². The summed E-state index contributed by atoms with van der Waals surface area (Å²) in [5.41, 5.74) is 1.45. The summed E-state index contributed by atoms with van der Waals surface area (Å²) >= 11 is 1.46. The normalized spacial score (nSPS) is 27.5. The van der Waals surface area contributed by atoms with Gasteiger partial charge in [-0.3, -0.25) is 0 Å². The van der Waals surface area contributed by atoms with Gasteiger partial charge in [-0.25, -0.2) is 28.4 Å². The van der Waals surface area contributed by atoms with Crippen LogP contribution in [0.15, 0.2) is 28.3 Å². The SMILES string of the molecule is CCCSc1nc(/N=C/C2C[C@H]2c2ccc(F)c(F)c2)c2nnn([C@@H]3C[C@H](OCCO)[C@@H](O)[C@H]3O)c2n1. The summed E-state index contributed by atoms with van der Waals surface area (Å²) in [5, 5.41) is 39.1. The Morgan fingerprint density at radius 2 is 2.03 bits per heavy atom. The number of fused-ring (bicyclic) bond motifs is 1. The zero-order chi connectivity index (χ0) is 26.1. The second-order valence-corrected chi connectivity index (χ2v) is 10.3. The van der Waals surface area contributed by atoms with Crippen molar-refractivity contribution < 1.29 is 28.8 Å². The van der Waals surface area contributed by atoms with E-state index in [9.17, 15) is 19.0 Å². The molecule has 2 heterocycles. The first-order valence-electron chi connectivity index (χ1n) is 12.2. The molecular formula is C24H28F2N6O4S. The van der Waals surface area contributed by atoms with E-state index in [1.165, 1.54) is 22.5 Å². The zero-order valence-electron chi connectivity index (χ0n) is 20.1. The third-order valence-corrected chi connectivity index (χ3v) is 7.71. The Labute approximate surface area is 215 Å². The van der Waals surface area contributed by atoms with Crippen LogP contribution in [-0.2, 0) is 4.74 Å². The van der Waals surface area contributed by atoms with Crippen molar-refractivity contribution in [1.82, 2.24) is 25.0 Å². The first-order valence-corrected chi connectivity index (χ1v) is 13.2. The van der Waals surface area contributed by atoms with Crippen LogP contribution >= 0.6 is 11.8 Å². The van der Waals surface area contributed by atoms with E-state index in [-0.39, 0.29) is 31.5 Å². The number of nitrogens with zero attached hydrogens (tertiary/aromatic N) is 6. The third-order valence-electron chi connectivity index (χ3n) is 6.66. The van der Waals surface area contributed by atoms with Crippen molar-refractivity contribution in [2.75, 3.05) is 19.0 Å². The van der Waals surface area contributed by atoms with Crippen molar-refractivity contribution in [1.29, 1.82) is 0 Å². The van der Waals surface area contributed by atoms with E-state index in [2.05, 4.69) is 25.3 Å². The molecule has 2 aliphatic carbocycles. The zero-order valence-corrected chi connectivity index (χ0v) is 20.9. The molecule has 0 saturated heterocycles. The van der Waals surface area contributed by atoms with Crippen molar-refractivity contribution in [3.8, 4) is 0 Å². The van der Waals surface area contributed by atoms with Gasteiger partial charge in [0, 0.05) is 24.3 Å². The fourth-order valence-corrected chi connectivity index (χ4v) is 5.31. The number of rotatable bonds is 10. The summed E-state index contributed by atoms with van der Waals surface area (Å²) in [6.45, 7) is 1.90. The summed E-state index contributed by atoms with van der Waals surface area (Å²) in [4.78, 5) is 13.7. The molecule has 37 heavy (non-hydrogen) atoms. The molecule has 0 spiro atoms. The number of hydrogen-bond acceptors (Lipinski definition) is 10. The number of thioether (sulfide) groups is 1. The fraction of sp³-hybridized carbons (Fsp3) is 0.542. The second kappa shape index (κ2) is 11.0. The molecule has 0 amide bonds. The molecule has 5 rings (SSSR count). The van der Waals surface area contributed by atoms with Gasteiger partial charge >= 0.3 is 0 Å². The molecule has 6 atom stereocenters. The van der Waals surface area contributed by atoms with E-state index >= 15 is 0 Å². The maximum atomic E-state index is 13.6. The second-order valence-electron chi connectivity index (χ2n) is 9.26. The molecule has 2 fully saturated rings. The van der Waals surface area contributed by atoms with Crippen LogP contribution < -0.4 is 0 Å². The average molecular weight is 535 g/mol. The van der Waals surface area contributed by atoms with Gasteiger partial charge in [-0.05, 0) is 36.5 Å². The molecule has 2 aromatic heterocycles. The quantitative estimate of drug-likeness (QED) is 0.203. The van der Waals surface area contributed by atoms with E-state index in [1.54, 1.807) is 12.3 Å². The lowest BCUT2D eigenvalue weighted by Gasteiger charge is -2.17. The predicted molar refractivity (Wildman–Crippen MR) is 132 cm³/mol. The maximum Gasteiger partial charge on any atom is 0.191 e. The molecule has 0 bridgehead atoms. The first kappa shape index (κ1) is 26.0. The Kier molecular flexibility index (Phi) is 7.77. The number of aromatic nitrogens is 5. The van der Waals surface area contributed by atoms with Gasteiger partial charge in [0.25, 0.3) is 0 Å². The maximum absolute atomic E-state index is 13.6. The molecule has 2 saturated carbocycles. The minimum atomic E-state index is -1.16. The van der Waals surface area contributed by atoms with Crippen LogP contribution in [0, 0.1) is 17.6 Å². The first-order chi connectivity index (χ1) is 17.9. The average Bonchev–Trinajstić information content (AvgIpc) is 3.47. The number of aliphatic hydroxyl groups excluding tert-OH is 3. The molecule has 0 aliphatic heterocycles. The van der Waals surface area contributed by atoms with Gasteiger partial charge in [0.05, 0.1) is 25.4 Å². The smallest absolute Gasteiger partial charge is 0.191 e. The summed E-state index contributed by atoms with van der Waals surface area (Å²) in [6.07, 6.45) is 0.707. The van der Waals surface area contributed by atoms with E-state index in [0.717, 1.165) is 30.2 Å². The molecule has 2 aliphatic rings. The highest BCUT2D eigenvalue weighted by Crippen LogP contribution is 2.47. The van der Waals surface area contributed by atoms with Crippen molar-refractivity contribution in [2.45, 2.75) is 61.6 Å². The topological polar surface area (TPSA) is 139 Å². The molecule has 0 radical (unpaired) electrons. The van der Waals surface area contributed by atoms with Crippen LogP contribution in [0.4, 0.5) is 14.6 Å². The van der Waals surface area contributed by atoms with Crippen molar-refractivity contribution in [3.63, 3.8) is 0 Å². The molecule has 198 valence electrons. The van der Waals surface area contributed by atoms with Gasteiger partial charge in [-0.15, -0.1) is 5.10 Å². The lowest BCUT2D eigenvalue weighted by molar-refractivity contribution is -0.0629. The van der Waals surface area contributed by atoms with Gasteiger partial charge in [0.1, 0.15) is 12.2 Å². The number of ether oxygens (including phenoxy) is 1. The van der Waals surface area contributed by atoms with Crippen molar-refractivity contribution >= 4 is 35.0 Å². The molecule has 13 heteroatoms. The highest BCUT2D eigenvalue weighted by molar-refractivity contribution is 7.99. The number of halogens is 2. The van der Waals surface area contributed by atoms with Gasteiger partial charge in [-0.2, -0.15) is 0 Å². The number of benzene rings is 1. The molecule has 3 aromatic rings. The Morgan fingerprint density at radius 1 is 1.19 bits per heavy atom. The Balaban J connectivity index is 1.42. The highest BCUT2D eigenvalue weighted by Gasteiger charge is 2.44. The minimum absolute atomic E-state index is 0.0465. The van der Waals surface area contributed by atoms with Crippen LogP contribution in [0.3, 0.4) is 0 Å². The standard InChI is InChI=1S/C24H28F2N6O4S/c1-2-7-37-24-28-22(27-11-13-8-14(13)12-3-4-15(25)16(26)9-12)19-23(29-24)32(31-30-19)17-10-18(36-6-5-33)21(35)20(17)34/h3-4,9,11,13-14,17-18,20-21,33-35H,2,5-8,10H2,1H3/b27-11+/t13?,14-,17+,18-,20-,21+/m0/s1. The largest absolute Gasteiger partial charge is 0.394 e. The Hall–Kier alpha value is -2.58. The number of aliphatic imine (C=N–C) groups is 1. The summed E-state index contributed by atoms with van der Waals surface area (Å²) in [6, 6.07) is 3.31. The van der Waals surface area contributed by atoms with Crippen LogP contribution in [-0.4, -0.2) is 83.8 Å². The number of aliphatic hydroxyl groups is 3. The summed E-state index contributed by atoms with van der Waals surface area (Å²) in [5.74, 6) is -0.523. The molecule has 1 unspecified atom stereocenters. The van der Waals surface area contributed by atoms with E-state index in [4.69, 9.17) is 9.84 Å². The predicted octanol–water partition coefficient (Wildman–Crippen LogP) is 2.55. The van der Waals surface area contributed by atoms with Gasteiger partial charge in [0.2, 0.25) is 0 Å². The molecule has 10 nitrogen and oxygen atoms in total. The lowest BCUT2D eigenvalue weighted by Crippen LogP contribution is -2.33. The van der Waals surface area contributed by atoms with E-state index < -0.39 is 36.0 Å². The Morgan fingerprint density at radius 3 is 2.78 bits per heavy atom. The monoisotopic (exact) mass is 534 g/mol. The number of hydrogen-bond donors (Lipinski definition) is 3. The molecular weight excluding hydrogens is 506 g/mol. The van der Waals surface area contributed by atoms with E-state index in [0.29, 0.717) is 22.1 Å². The molecule has 1 aromatic carbocycles. The molecule has 3 N–H and O–H groups in total. The summed E-state index contributed by atoms with van der Waals surface area (Å²) in [7, 11) is 0. The van der Waals surface area contributed by atoms with Crippen LogP contribution in [0.1, 0.15) is 43.7 Å². The fourth-order valence-electron chi connectivity index (χ4n) is 4.62. The summed E-state index contributed by atoms with van der Waals surface area (Å²) < 4.78 is 33.9. The van der Waals surface area contributed by atoms with Crippen molar-refractivity contribution in [2.24, 2.45) is 10.9 Å². The lowest BCUT2D eigenvalue weighted by atomic mass is 10.1.